The van der Waals surface area contributed by atoms with Crippen LogP contribution >= 0.6 is 0 Å². The van der Waals surface area contributed by atoms with Crippen molar-refractivity contribution < 1.29 is 19.4 Å². The molecule has 1 rings (SSSR count). The van der Waals surface area contributed by atoms with Gasteiger partial charge in [-0.05, 0) is 30.0 Å². The number of aliphatic hydroxyl groups excluding tert-OH is 1. The molecule has 0 bridgehead atoms. The van der Waals surface area contributed by atoms with E-state index < -0.39 is 18.1 Å². The van der Waals surface area contributed by atoms with Gasteiger partial charge in [0.05, 0.1) is 6.61 Å². The van der Waals surface area contributed by atoms with E-state index in [-0.39, 0.29) is 18.3 Å². The molecule has 1 atom stereocenters. The van der Waals surface area contributed by atoms with Gasteiger partial charge in [-0.25, -0.2) is 4.39 Å². The standard InChI is InChI=1S/C14H20FNO3/c1-9(2)11-6-10(4-5-12(11)15)7-16-14(3,8-17)13(18)19/h4-6,9,16-17H,7-8H2,1-3H3,(H,18,19)/t14-/m0/s1. The maximum Gasteiger partial charge on any atom is 0.326 e. The minimum atomic E-state index is -1.40. The summed E-state index contributed by atoms with van der Waals surface area (Å²) in [6.07, 6.45) is 0. The van der Waals surface area contributed by atoms with Crippen LogP contribution in [-0.4, -0.2) is 28.3 Å². The number of hydrogen-bond donors (Lipinski definition) is 3. The largest absolute Gasteiger partial charge is 0.480 e. The highest BCUT2D eigenvalue weighted by molar-refractivity contribution is 5.78. The summed E-state index contributed by atoms with van der Waals surface area (Å²) < 4.78 is 13.5. The average Bonchev–Trinajstić information content (AvgIpc) is 2.36. The Kier molecular flexibility index (Phi) is 5.03. The van der Waals surface area contributed by atoms with Crippen molar-refractivity contribution in [2.45, 2.75) is 38.8 Å². The number of benzene rings is 1. The lowest BCUT2D eigenvalue weighted by molar-refractivity contribution is -0.145. The number of carboxylic acids is 1. The van der Waals surface area contributed by atoms with E-state index in [0.29, 0.717) is 5.56 Å². The molecular formula is C14H20FNO3. The number of aliphatic carboxylic acids is 1. The van der Waals surface area contributed by atoms with Crippen LogP contribution in [0.1, 0.15) is 37.8 Å². The first-order valence-electron chi connectivity index (χ1n) is 6.18. The van der Waals surface area contributed by atoms with E-state index in [4.69, 9.17) is 10.2 Å². The Hall–Kier alpha value is -1.46. The summed E-state index contributed by atoms with van der Waals surface area (Å²) in [4.78, 5) is 11.0. The number of aliphatic hydroxyl groups is 1. The molecule has 0 heterocycles. The first kappa shape index (κ1) is 15.6. The van der Waals surface area contributed by atoms with Crippen molar-refractivity contribution in [3.8, 4) is 0 Å². The Morgan fingerprint density at radius 1 is 1.47 bits per heavy atom. The van der Waals surface area contributed by atoms with Crippen LogP contribution in [0.15, 0.2) is 18.2 Å². The van der Waals surface area contributed by atoms with Crippen molar-refractivity contribution in [1.29, 1.82) is 0 Å². The molecule has 0 saturated heterocycles. The van der Waals surface area contributed by atoms with Gasteiger partial charge in [-0.15, -0.1) is 0 Å². The lowest BCUT2D eigenvalue weighted by Gasteiger charge is -2.24. The van der Waals surface area contributed by atoms with Crippen molar-refractivity contribution in [2.24, 2.45) is 0 Å². The molecule has 0 unspecified atom stereocenters. The predicted octanol–water partition coefficient (Wildman–Crippen LogP) is 1.87. The van der Waals surface area contributed by atoms with Gasteiger partial charge in [0, 0.05) is 6.54 Å². The summed E-state index contributed by atoms with van der Waals surface area (Å²) in [7, 11) is 0. The van der Waals surface area contributed by atoms with Crippen LogP contribution in [0, 0.1) is 5.82 Å². The minimum absolute atomic E-state index is 0.0589. The topological polar surface area (TPSA) is 69.6 Å². The zero-order valence-electron chi connectivity index (χ0n) is 11.4. The minimum Gasteiger partial charge on any atom is -0.480 e. The first-order valence-corrected chi connectivity index (χ1v) is 6.18. The van der Waals surface area contributed by atoms with Crippen molar-refractivity contribution in [1.82, 2.24) is 5.32 Å². The van der Waals surface area contributed by atoms with Gasteiger partial charge in [-0.3, -0.25) is 10.1 Å². The number of carbonyl (C=O) groups is 1. The zero-order chi connectivity index (χ0) is 14.6. The second-order valence-electron chi connectivity index (χ2n) is 5.16. The van der Waals surface area contributed by atoms with Crippen LogP contribution in [0.4, 0.5) is 4.39 Å². The Morgan fingerprint density at radius 3 is 2.58 bits per heavy atom. The summed E-state index contributed by atoms with van der Waals surface area (Å²) in [6.45, 7) is 4.93. The van der Waals surface area contributed by atoms with Crippen molar-refractivity contribution in [2.75, 3.05) is 6.61 Å². The van der Waals surface area contributed by atoms with Crippen molar-refractivity contribution >= 4 is 5.97 Å². The number of carboxylic acid groups (broad SMARTS) is 1. The highest BCUT2D eigenvalue weighted by Gasteiger charge is 2.31. The van der Waals surface area contributed by atoms with Gasteiger partial charge >= 0.3 is 5.97 Å². The van der Waals surface area contributed by atoms with Crippen LogP contribution in [0.25, 0.3) is 0 Å². The second-order valence-corrected chi connectivity index (χ2v) is 5.16. The highest BCUT2D eigenvalue weighted by Crippen LogP contribution is 2.20. The monoisotopic (exact) mass is 269 g/mol. The fourth-order valence-electron chi connectivity index (χ4n) is 1.64. The SMILES string of the molecule is CC(C)c1cc(CN[C@@](C)(CO)C(=O)O)ccc1F. The average molecular weight is 269 g/mol. The normalized spacial score (nSPS) is 14.4. The van der Waals surface area contributed by atoms with Crippen molar-refractivity contribution in [3.05, 3.63) is 35.1 Å². The van der Waals surface area contributed by atoms with Crippen LogP contribution < -0.4 is 5.32 Å². The van der Waals surface area contributed by atoms with Crippen LogP contribution in [-0.2, 0) is 11.3 Å². The molecule has 0 saturated carbocycles. The first-order chi connectivity index (χ1) is 8.80. The quantitative estimate of drug-likeness (QED) is 0.737. The molecular weight excluding hydrogens is 249 g/mol. The molecule has 1 aromatic rings. The third-order valence-corrected chi connectivity index (χ3v) is 3.15. The van der Waals surface area contributed by atoms with E-state index in [0.717, 1.165) is 5.56 Å². The van der Waals surface area contributed by atoms with Gasteiger partial charge in [0.2, 0.25) is 0 Å². The van der Waals surface area contributed by atoms with E-state index in [1.54, 1.807) is 12.1 Å². The zero-order valence-corrected chi connectivity index (χ0v) is 11.4. The molecule has 3 N–H and O–H groups in total. The van der Waals surface area contributed by atoms with Crippen molar-refractivity contribution in [3.63, 3.8) is 0 Å². The molecule has 0 radical (unpaired) electrons. The van der Waals surface area contributed by atoms with E-state index in [1.807, 2.05) is 13.8 Å². The van der Waals surface area contributed by atoms with E-state index in [9.17, 15) is 9.18 Å². The summed E-state index contributed by atoms with van der Waals surface area (Å²) >= 11 is 0. The smallest absolute Gasteiger partial charge is 0.326 e. The summed E-state index contributed by atoms with van der Waals surface area (Å²) in [5.74, 6) is -1.33. The molecule has 4 nitrogen and oxygen atoms in total. The Bertz CT molecular complexity index is 462. The molecule has 0 aliphatic heterocycles. The predicted molar refractivity (Wildman–Crippen MR) is 70.5 cm³/mol. The fraction of sp³-hybridized carbons (Fsp3) is 0.500. The number of nitrogens with one attached hydrogen (secondary N) is 1. The lowest BCUT2D eigenvalue weighted by Crippen LogP contribution is -2.52. The third kappa shape index (κ3) is 3.75. The van der Waals surface area contributed by atoms with Gasteiger partial charge in [-0.2, -0.15) is 0 Å². The van der Waals surface area contributed by atoms with E-state index >= 15 is 0 Å². The molecule has 0 amide bonds. The summed E-state index contributed by atoms with van der Waals surface area (Å²) in [6, 6.07) is 4.70. The number of rotatable bonds is 6. The summed E-state index contributed by atoms with van der Waals surface area (Å²) in [5, 5.41) is 20.9. The van der Waals surface area contributed by atoms with Gasteiger partial charge in [0.25, 0.3) is 0 Å². The Labute approximate surface area is 112 Å². The highest BCUT2D eigenvalue weighted by atomic mass is 19.1. The van der Waals surface area contributed by atoms with Crippen LogP contribution in [0.5, 0.6) is 0 Å². The third-order valence-electron chi connectivity index (χ3n) is 3.15. The molecule has 1 aromatic carbocycles. The van der Waals surface area contributed by atoms with E-state index in [1.165, 1.54) is 13.0 Å². The molecule has 0 spiro atoms. The molecule has 0 aromatic heterocycles. The number of hydrogen-bond acceptors (Lipinski definition) is 3. The summed E-state index contributed by atoms with van der Waals surface area (Å²) in [5.41, 5.74) is -0.0156. The van der Waals surface area contributed by atoms with E-state index in [2.05, 4.69) is 5.32 Å². The Balaban J connectivity index is 2.84. The fourth-order valence-corrected chi connectivity index (χ4v) is 1.64. The Morgan fingerprint density at radius 2 is 2.11 bits per heavy atom. The number of halogens is 1. The van der Waals surface area contributed by atoms with Crippen LogP contribution in [0.2, 0.25) is 0 Å². The van der Waals surface area contributed by atoms with Gasteiger partial charge in [-0.1, -0.05) is 26.0 Å². The lowest BCUT2D eigenvalue weighted by atomic mass is 9.99. The molecule has 5 heteroatoms. The maximum absolute atomic E-state index is 13.5. The van der Waals surface area contributed by atoms with Gasteiger partial charge in [0.15, 0.2) is 0 Å². The molecule has 0 fully saturated rings. The molecule has 0 aliphatic rings. The molecule has 0 aliphatic carbocycles. The van der Waals surface area contributed by atoms with Gasteiger partial charge < -0.3 is 10.2 Å². The maximum atomic E-state index is 13.5. The molecule has 106 valence electrons. The second kappa shape index (κ2) is 6.12. The molecule has 19 heavy (non-hydrogen) atoms. The van der Waals surface area contributed by atoms with Gasteiger partial charge in [0.1, 0.15) is 11.4 Å². The van der Waals surface area contributed by atoms with Crippen LogP contribution in [0.3, 0.4) is 0 Å².